The molecule has 1 unspecified atom stereocenters. The van der Waals surface area contributed by atoms with Gasteiger partial charge in [-0.2, -0.15) is 0 Å². The van der Waals surface area contributed by atoms with Crippen molar-refractivity contribution >= 4 is 0 Å². The van der Waals surface area contributed by atoms with E-state index in [9.17, 15) is 0 Å². The molecule has 0 radical (unpaired) electrons. The maximum atomic E-state index is 5.88. The first kappa shape index (κ1) is 13.6. The fourth-order valence-electron chi connectivity index (χ4n) is 2.57. The van der Waals surface area contributed by atoms with Crippen molar-refractivity contribution in [2.75, 3.05) is 13.2 Å². The minimum atomic E-state index is 0.436. The van der Waals surface area contributed by atoms with Gasteiger partial charge in [0.05, 0.1) is 19.0 Å². The van der Waals surface area contributed by atoms with Gasteiger partial charge in [0.2, 0.25) is 0 Å². The second kappa shape index (κ2) is 7.59. The minimum Gasteiger partial charge on any atom is -0.469 e. The molecular formula is C15H25NO2. The second-order valence-corrected chi connectivity index (χ2v) is 5.27. The first-order valence-corrected chi connectivity index (χ1v) is 7.22. The molecule has 18 heavy (non-hydrogen) atoms. The van der Waals surface area contributed by atoms with Crippen molar-refractivity contribution in [2.45, 2.75) is 57.6 Å². The van der Waals surface area contributed by atoms with Crippen LogP contribution in [0.5, 0.6) is 0 Å². The van der Waals surface area contributed by atoms with Crippen molar-refractivity contribution in [1.29, 1.82) is 0 Å². The van der Waals surface area contributed by atoms with Crippen molar-refractivity contribution in [2.24, 2.45) is 0 Å². The Morgan fingerprint density at radius 1 is 1.39 bits per heavy atom. The van der Waals surface area contributed by atoms with E-state index < -0.39 is 0 Å². The van der Waals surface area contributed by atoms with Crippen molar-refractivity contribution < 1.29 is 9.15 Å². The van der Waals surface area contributed by atoms with Gasteiger partial charge in [0.15, 0.2) is 0 Å². The lowest BCUT2D eigenvalue weighted by Gasteiger charge is -2.22. The first-order valence-electron chi connectivity index (χ1n) is 7.22. The number of rotatable bonds is 7. The van der Waals surface area contributed by atoms with Gasteiger partial charge >= 0.3 is 0 Å². The number of furan rings is 1. The number of ether oxygens (including phenoxy) is 1. The second-order valence-electron chi connectivity index (χ2n) is 5.27. The molecule has 1 aromatic rings. The molecule has 1 N–H and O–H groups in total. The molecule has 1 aromatic heterocycles. The summed E-state index contributed by atoms with van der Waals surface area (Å²) in [5.74, 6) is 1.04. The van der Waals surface area contributed by atoms with Crippen LogP contribution >= 0.6 is 0 Å². The van der Waals surface area contributed by atoms with E-state index in [-0.39, 0.29) is 0 Å². The van der Waals surface area contributed by atoms with Crippen LogP contribution in [0.3, 0.4) is 0 Å². The monoisotopic (exact) mass is 251 g/mol. The predicted octanol–water partition coefficient (Wildman–Crippen LogP) is 3.15. The molecule has 0 saturated heterocycles. The smallest absolute Gasteiger partial charge is 0.105 e. The Labute approximate surface area is 110 Å². The largest absolute Gasteiger partial charge is 0.469 e. The van der Waals surface area contributed by atoms with E-state index in [4.69, 9.17) is 9.15 Å². The Bertz CT molecular complexity index is 304. The van der Waals surface area contributed by atoms with Gasteiger partial charge in [0, 0.05) is 19.0 Å². The molecule has 2 rings (SSSR count). The summed E-state index contributed by atoms with van der Waals surface area (Å²) in [6.45, 7) is 3.94. The molecule has 3 nitrogen and oxygen atoms in total. The molecule has 0 amide bonds. The standard InChI is InChI=1S/C15H25NO2/c1-13(12-15-8-5-10-17-15)16-9-11-18-14-6-3-2-4-7-14/h5,8,10,13-14,16H,2-4,6-7,9,11-12H2,1H3. The van der Waals surface area contributed by atoms with Gasteiger partial charge < -0.3 is 14.5 Å². The van der Waals surface area contributed by atoms with Crippen LogP contribution in [0.25, 0.3) is 0 Å². The summed E-state index contributed by atoms with van der Waals surface area (Å²) in [6.07, 6.45) is 9.76. The van der Waals surface area contributed by atoms with Gasteiger partial charge in [-0.3, -0.25) is 0 Å². The summed E-state index contributed by atoms with van der Waals surface area (Å²) in [4.78, 5) is 0. The maximum absolute atomic E-state index is 5.88. The molecule has 1 atom stereocenters. The summed E-state index contributed by atoms with van der Waals surface area (Å²) in [6, 6.07) is 4.40. The van der Waals surface area contributed by atoms with Crippen molar-refractivity contribution in [1.82, 2.24) is 5.32 Å². The van der Waals surface area contributed by atoms with E-state index in [1.165, 1.54) is 32.1 Å². The van der Waals surface area contributed by atoms with Crippen LogP contribution in [-0.4, -0.2) is 25.3 Å². The Morgan fingerprint density at radius 2 is 2.22 bits per heavy atom. The molecule has 0 aliphatic heterocycles. The quantitative estimate of drug-likeness (QED) is 0.756. The molecule has 1 heterocycles. The molecule has 1 aliphatic rings. The average Bonchev–Trinajstić information content (AvgIpc) is 2.89. The molecule has 1 aliphatic carbocycles. The van der Waals surface area contributed by atoms with Crippen LogP contribution in [0.2, 0.25) is 0 Å². The third-order valence-electron chi connectivity index (χ3n) is 3.59. The summed E-state index contributed by atoms with van der Waals surface area (Å²) >= 11 is 0. The van der Waals surface area contributed by atoms with Crippen molar-refractivity contribution in [3.05, 3.63) is 24.2 Å². The summed E-state index contributed by atoms with van der Waals surface area (Å²) in [5, 5.41) is 3.48. The predicted molar refractivity (Wildman–Crippen MR) is 72.7 cm³/mol. The van der Waals surface area contributed by atoms with Gasteiger partial charge in [0.25, 0.3) is 0 Å². The van der Waals surface area contributed by atoms with E-state index in [1.54, 1.807) is 6.26 Å². The fourth-order valence-corrected chi connectivity index (χ4v) is 2.57. The highest BCUT2D eigenvalue weighted by Crippen LogP contribution is 2.19. The summed E-state index contributed by atoms with van der Waals surface area (Å²) < 4.78 is 11.2. The van der Waals surface area contributed by atoms with Gasteiger partial charge in [-0.15, -0.1) is 0 Å². The zero-order chi connectivity index (χ0) is 12.6. The molecule has 1 saturated carbocycles. The molecule has 0 aromatic carbocycles. The van der Waals surface area contributed by atoms with E-state index >= 15 is 0 Å². The molecule has 0 bridgehead atoms. The summed E-state index contributed by atoms with van der Waals surface area (Å²) in [5.41, 5.74) is 0. The lowest BCUT2D eigenvalue weighted by Crippen LogP contribution is -2.32. The average molecular weight is 251 g/mol. The number of nitrogens with one attached hydrogen (secondary N) is 1. The zero-order valence-electron chi connectivity index (χ0n) is 11.4. The van der Waals surface area contributed by atoms with E-state index in [0.29, 0.717) is 12.1 Å². The zero-order valence-corrected chi connectivity index (χ0v) is 11.4. The van der Waals surface area contributed by atoms with Crippen LogP contribution in [0.1, 0.15) is 44.8 Å². The SMILES string of the molecule is CC(Cc1ccco1)NCCOC1CCCCC1. The lowest BCUT2D eigenvalue weighted by molar-refractivity contribution is 0.0295. The minimum absolute atomic E-state index is 0.436. The molecular weight excluding hydrogens is 226 g/mol. The molecule has 0 spiro atoms. The van der Waals surface area contributed by atoms with Crippen LogP contribution < -0.4 is 5.32 Å². The molecule has 1 fully saturated rings. The highest BCUT2D eigenvalue weighted by molar-refractivity contribution is 4.99. The first-order chi connectivity index (χ1) is 8.84. The van der Waals surface area contributed by atoms with E-state index in [2.05, 4.69) is 12.2 Å². The fraction of sp³-hybridized carbons (Fsp3) is 0.733. The van der Waals surface area contributed by atoms with E-state index in [1.807, 2.05) is 12.1 Å². The van der Waals surface area contributed by atoms with Gasteiger partial charge in [-0.1, -0.05) is 19.3 Å². The Balaban J connectivity index is 1.52. The van der Waals surface area contributed by atoms with E-state index in [0.717, 1.165) is 25.3 Å². The highest BCUT2D eigenvalue weighted by atomic mass is 16.5. The van der Waals surface area contributed by atoms with Crippen LogP contribution in [0, 0.1) is 0 Å². The molecule has 102 valence electrons. The van der Waals surface area contributed by atoms with Crippen molar-refractivity contribution in [3.8, 4) is 0 Å². The normalized spacial score (nSPS) is 18.9. The third kappa shape index (κ3) is 4.83. The number of hydrogen-bond donors (Lipinski definition) is 1. The van der Waals surface area contributed by atoms with Crippen LogP contribution in [0.4, 0.5) is 0 Å². The van der Waals surface area contributed by atoms with Crippen molar-refractivity contribution in [3.63, 3.8) is 0 Å². The summed E-state index contributed by atoms with van der Waals surface area (Å²) in [7, 11) is 0. The Morgan fingerprint density at radius 3 is 2.94 bits per heavy atom. The highest BCUT2D eigenvalue weighted by Gasteiger charge is 2.13. The van der Waals surface area contributed by atoms with Gasteiger partial charge in [-0.25, -0.2) is 0 Å². The Kier molecular flexibility index (Phi) is 5.75. The topological polar surface area (TPSA) is 34.4 Å². The molecule has 3 heteroatoms. The number of hydrogen-bond acceptors (Lipinski definition) is 3. The third-order valence-corrected chi connectivity index (χ3v) is 3.59. The van der Waals surface area contributed by atoms with Crippen LogP contribution in [-0.2, 0) is 11.2 Å². The Hall–Kier alpha value is -0.800. The van der Waals surface area contributed by atoms with Gasteiger partial charge in [-0.05, 0) is 31.9 Å². The van der Waals surface area contributed by atoms with Gasteiger partial charge in [0.1, 0.15) is 5.76 Å². The van der Waals surface area contributed by atoms with Crippen LogP contribution in [0.15, 0.2) is 22.8 Å². The maximum Gasteiger partial charge on any atom is 0.105 e. The lowest BCUT2D eigenvalue weighted by atomic mass is 9.98.